The molecule has 1 rings (SSSR count). The van der Waals surface area contributed by atoms with Crippen molar-refractivity contribution in [3.05, 3.63) is 33.3 Å². The van der Waals surface area contributed by atoms with E-state index in [-0.39, 0.29) is 0 Å². The second kappa shape index (κ2) is 5.30. The van der Waals surface area contributed by atoms with Crippen molar-refractivity contribution in [3.8, 4) is 5.75 Å². The number of alkyl halides is 3. The van der Waals surface area contributed by atoms with Crippen molar-refractivity contribution in [1.82, 2.24) is 0 Å². The van der Waals surface area contributed by atoms with E-state index in [4.69, 9.17) is 5.39 Å². The fraction of sp³-hybridized carbons (Fsp3) is 0.222. The lowest BCUT2D eigenvalue weighted by Crippen LogP contribution is -2.19. The number of nitro groups is 1. The highest BCUT2D eigenvalue weighted by Crippen LogP contribution is 2.32. The van der Waals surface area contributed by atoms with Crippen molar-refractivity contribution < 1.29 is 27.6 Å². The highest BCUT2D eigenvalue weighted by molar-refractivity contribution is 5.76. The molecule has 100 valence electrons. The second-order valence-corrected chi connectivity index (χ2v) is 3.28. The summed E-state index contributed by atoms with van der Waals surface area (Å²) >= 11 is 0. The third-order valence-corrected chi connectivity index (χ3v) is 1.83. The molecule has 0 aliphatic rings. The molecule has 0 aliphatic heterocycles. The van der Waals surface area contributed by atoms with Crippen molar-refractivity contribution in [2.75, 3.05) is 0 Å². The minimum absolute atomic E-state index is 0.469. The van der Waals surface area contributed by atoms with Gasteiger partial charge in [0, 0.05) is 6.07 Å². The van der Waals surface area contributed by atoms with Crippen molar-refractivity contribution in [1.29, 1.82) is 5.39 Å². The van der Waals surface area contributed by atoms with E-state index in [0.717, 1.165) is 18.2 Å². The molecule has 0 bridgehead atoms. The SMILES string of the molecule is N#[N+]c1cc([N+](=O)[O-])ccc1OC(=O)CC(F)(F)F. The number of halogens is 3. The van der Waals surface area contributed by atoms with Gasteiger partial charge in [0.25, 0.3) is 5.69 Å². The summed E-state index contributed by atoms with van der Waals surface area (Å²) in [5, 5.41) is 19.0. The van der Waals surface area contributed by atoms with Gasteiger partial charge in [0.1, 0.15) is 12.5 Å². The summed E-state index contributed by atoms with van der Waals surface area (Å²) < 4.78 is 40.0. The number of nitro benzene ring substituents is 1. The summed E-state index contributed by atoms with van der Waals surface area (Å²) in [6.45, 7) is 0. The quantitative estimate of drug-likeness (QED) is 0.278. The fourth-order valence-corrected chi connectivity index (χ4v) is 1.11. The van der Waals surface area contributed by atoms with Gasteiger partial charge in [-0.3, -0.25) is 14.9 Å². The summed E-state index contributed by atoms with van der Waals surface area (Å²) in [6.07, 6.45) is -6.57. The number of non-ortho nitro benzene ring substituents is 1. The van der Waals surface area contributed by atoms with E-state index in [2.05, 4.69) is 9.71 Å². The first-order valence-electron chi connectivity index (χ1n) is 4.64. The molecule has 0 atom stereocenters. The molecule has 1 aromatic rings. The second-order valence-electron chi connectivity index (χ2n) is 3.28. The van der Waals surface area contributed by atoms with Crippen LogP contribution in [0.2, 0.25) is 0 Å². The van der Waals surface area contributed by atoms with E-state index in [0.29, 0.717) is 0 Å². The fourth-order valence-electron chi connectivity index (χ4n) is 1.11. The van der Waals surface area contributed by atoms with Gasteiger partial charge in [-0.25, -0.2) is 0 Å². The molecule has 0 aromatic heterocycles. The Bertz CT molecular complexity index is 565. The average Bonchev–Trinajstić information content (AvgIpc) is 2.26. The molecule has 10 heteroatoms. The normalized spacial score (nSPS) is 10.6. The summed E-state index contributed by atoms with van der Waals surface area (Å²) in [7, 11) is 0. The number of diazo groups is 1. The molecule has 0 heterocycles. The van der Waals surface area contributed by atoms with Gasteiger partial charge in [-0.05, 0) is 6.07 Å². The molecule has 19 heavy (non-hydrogen) atoms. The van der Waals surface area contributed by atoms with E-state index in [1.54, 1.807) is 0 Å². The summed E-state index contributed by atoms with van der Waals surface area (Å²) in [4.78, 5) is 23.1. The maximum atomic E-state index is 11.9. The number of benzene rings is 1. The lowest BCUT2D eigenvalue weighted by Gasteiger charge is -2.05. The van der Waals surface area contributed by atoms with Gasteiger partial charge < -0.3 is 4.74 Å². The Morgan fingerprint density at radius 2 is 2.11 bits per heavy atom. The Labute approximate surface area is 103 Å². The van der Waals surface area contributed by atoms with Crippen LogP contribution in [0.5, 0.6) is 5.75 Å². The molecule has 0 amide bonds. The van der Waals surface area contributed by atoms with Gasteiger partial charge in [-0.15, -0.1) is 0 Å². The van der Waals surface area contributed by atoms with Crippen LogP contribution in [0.1, 0.15) is 6.42 Å². The standard InChI is InChI=1S/C9H5F3N3O4/c10-9(11,12)4-8(16)19-7-2-1-5(15(17)18)3-6(7)14-13/h1-3H,4H2/q+1. The number of carbonyl (C=O) groups is 1. The van der Waals surface area contributed by atoms with E-state index < -0.39 is 40.6 Å². The number of carbonyl (C=O) groups excluding carboxylic acids is 1. The number of hydrogen-bond donors (Lipinski definition) is 0. The van der Waals surface area contributed by atoms with Crippen molar-refractivity contribution in [3.63, 3.8) is 0 Å². The van der Waals surface area contributed by atoms with Crippen LogP contribution in [0.4, 0.5) is 24.5 Å². The van der Waals surface area contributed by atoms with Crippen LogP contribution in [-0.4, -0.2) is 17.1 Å². The van der Waals surface area contributed by atoms with Crippen LogP contribution in [0.25, 0.3) is 4.98 Å². The Morgan fingerprint density at radius 3 is 2.58 bits per heavy atom. The van der Waals surface area contributed by atoms with Crippen LogP contribution >= 0.6 is 0 Å². The molecule has 0 saturated heterocycles. The predicted octanol–water partition coefficient (Wildman–Crippen LogP) is 2.94. The minimum Gasteiger partial charge on any atom is -0.418 e. The lowest BCUT2D eigenvalue weighted by molar-refractivity contribution is -0.384. The molecular formula is C9H5F3N3O4+. The number of hydrogen-bond acceptors (Lipinski definition) is 5. The zero-order valence-corrected chi connectivity index (χ0v) is 9.05. The zero-order chi connectivity index (χ0) is 14.6. The smallest absolute Gasteiger partial charge is 0.418 e. The lowest BCUT2D eigenvalue weighted by atomic mass is 10.2. The van der Waals surface area contributed by atoms with E-state index >= 15 is 0 Å². The van der Waals surface area contributed by atoms with Crippen LogP contribution in [0, 0.1) is 15.5 Å². The van der Waals surface area contributed by atoms with Crippen LogP contribution < -0.4 is 4.74 Å². The summed E-state index contributed by atoms with van der Waals surface area (Å²) in [5.74, 6) is -2.13. The van der Waals surface area contributed by atoms with Gasteiger partial charge in [0.05, 0.1) is 4.92 Å². The first kappa shape index (κ1) is 14.4. The minimum atomic E-state index is -4.74. The Balaban J connectivity index is 2.94. The molecule has 0 N–H and O–H groups in total. The largest absolute Gasteiger partial charge is 0.433 e. The summed E-state index contributed by atoms with van der Waals surface area (Å²) in [5.41, 5.74) is -0.992. The van der Waals surface area contributed by atoms with Crippen LogP contribution in [0.15, 0.2) is 18.2 Å². The highest BCUT2D eigenvalue weighted by atomic mass is 19.4. The highest BCUT2D eigenvalue weighted by Gasteiger charge is 2.33. The van der Waals surface area contributed by atoms with E-state index in [1.165, 1.54) is 0 Å². The third kappa shape index (κ3) is 4.23. The van der Waals surface area contributed by atoms with E-state index in [1.807, 2.05) is 0 Å². The van der Waals surface area contributed by atoms with Gasteiger partial charge in [-0.1, -0.05) is 0 Å². The average molecular weight is 276 g/mol. The third-order valence-electron chi connectivity index (χ3n) is 1.83. The number of nitrogens with zero attached hydrogens (tertiary/aromatic N) is 3. The Morgan fingerprint density at radius 1 is 1.47 bits per heavy atom. The number of rotatable bonds is 3. The Kier molecular flexibility index (Phi) is 4.00. The number of esters is 1. The first-order chi connectivity index (χ1) is 8.73. The van der Waals surface area contributed by atoms with Crippen LogP contribution in [0.3, 0.4) is 0 Å². The van der Waals surface area contributed by atoms with Crippen LogP contribution in [-0.2, 0) is 4.79 Å². The molecule has 0 saturated carbocycles. The molecule has 0 spiro atoms. The van der Waals surface area contributed by atoms with E-state index in [9.17, 15) is 28.1 Å². The Hall–Kier alpha value is -2.70. The molecule has 0 radical (unpaired) electrons. The van der Waals surface area contributed by atoms with Gasteiger partial charge in [-0.2, -0.15) is 13.2 Å². The molecule has 0 aliphatic carbocycles. The monoisotopic (exact) mass is 276 g/mol. The molecular weight excluding hydrogens is 271 g/mol. The zero-order valence-electron chi connectivity index (χ0n) is 9.05. The number of ether oxygens (including phenoxy) is 1. The first-order valence-corrected chi connectivity index (χ1v) is 4.64. The van der Waals surface area contributed by atoms with Crippen molar-refractivity contribution >= 4 is 17.3 Å². The summed E-state index contributed by atoms with van der Waals surface area (Å²) in [6, 6.07) is 2.50. The molecule has 7 nitrogen and oxygen atoms in total. The molecule has 0 unspecified atom stereocenters. The van der Waals surface area contributed by atoms with Gasteiger partial charge in [0.15, 0.2) is 4.98 Å². The van der Waals surface area contributed by atoms with Gasteiger partial charge in [0.2, 0.25) is 11.1 Å². The molecule has 0 fully saturated rings. The molecule has 1 aromatic carbocycles. The van der Waals surface area contributed by atoms with Crippen molar-refractivity contribution in [2.24, 2.45) is 0 Å². The maximum Gasteiger partial charge on any atom is 0.433 e. The topological polar surface area (TPSA) is 97.6 Å². The van der Waals surface area contributed by atoms with Crippen molar-refractivity contribution in [2.45, 2.75) is 12.6 Å². The van der Waals surface area contributed by atoms with Gasteiger partial charge >= 0.3 is 17.8 Å². The predicted molar refractivity (Wildman–Crippen MR) is 54.1 cm³/mol. The maximum absolute atomic E-state index is 11.9.